The van der Waals surface area contributed by atoms with Gasteiger partial charge in [-0.2, -0.15) is 0 Å². The van der Waals surface area contributed by atoms with Gasteiger partial charge in [-0.3, -0.25) is 0 Å². The maximum Gasteiger partial charge on any atom is 0.338 e. The van der Waals surface area contributed by atoms with E-state index in [9.17, 15) is 9.59 Å². The van der Waals surface area contributed by atoms with E-state index in [1.807, 2.05) is 0 Å². The Morgan fingerprint density at radius 3 is 2.61 bits per heavy atom. The molecule has 2 aliphatic heterocycles. The molecule has 0 bridgehead atoms. The molecular formula is C22H22N2O7. The molecule has 2 amide bonds. The van der Waals surface area contributed by atoms with Gasteiger partial charge in [0.15, 0.2) is 23.0 Å². The summed E-state index contributed by atoms with van der Waals surface area (Å²) in [6, 6.07) is 9.40. The van der Waals surface area contributed by atoms with Crippen LogP contribution in [-0.4, -0.2) is 33.0 Å². The molecular weight excluding hydrogens is 404 g/mol. The molecule has 0 fully saturated rings. The van der Waals surface area contributed by atoms with E-state index in [0.717, 1.165) is 5.56 Å². The highest BCUT2D eigenvalue weighted by atomic mass is 16.7. The first-order valence-electron chi connectivity index (χ1n) is 9.56. The third-order valence-corrected chi connectivity index (χ3v) is 5.04. The Morgan fingerprint density at radius 1 is 1.06 bits per heavy atom. The second kappa shape index (κ2) is 8.47. The smallest absolute Gasteiger partial charge is 0.338 e. The van der Waals surface area contributed by atoms with Crippen LogP contribution in [0, 0.1) is 0 Å². The second-order valence-electron chi connectivity index (χ2n) is 6.95. The van der Waals surface area contributed by atoms with E-state index in [2.05, 4.69) is 10.6 Å². The molecule has 0 radical (unpaired) electrons. The number of amides is 2. The van der Waals surface area contributed by atoms with Crippen LogP contribution in [0.2, 0.25) is 0 Å². The van der Waals surface area contributed by atoms with Crippen molar-refractivity contribution in [2.75, 3.05) is 21.0 Å². The lowest BCUT2D eigenvalue weighted by molar-refractivity contribution is -0.140. The molecule has 0 spiro atoms. The molecule has 2 heterocycles. The molecule has 31 heavy (non-hydrogen) atoms. The summed E-state index contributed by atoms with van der Waals surface area (Å²) in [5.74, 6) is 1.74. The normalized spacial score (nSPS) is 17.0. The third kappa shape index (κ3) is 4.07. The van der Waals surface area contributed by atoms with Crippen LogP contribution in [0.25, 0.3) is 0 Å². The zero-order valence-corrected chi connectivity index (χ0v) is 17.3. The summed E-state index contributed by atoms with van der Waals surface area (Å²) in [6.45, 7) is 1.87. The molecule has 9 heteroatoms. The average molecular weight is 426 g/mol. The van der Waals surface area contributed by atoms with Crippen LogP contribution in [0.15, 0.2) is 47.7 Å². The lowest BCUT2D eigenvalue weighted by atomic mass is 9.95. The number of rotatable bonds is 6. The fourth-order valence-electron chi connectivity index (χ4n) is 3.50. The Balaban J connectivity index is 1.57. The summed E-state index contributed by atoms with van der Waals surface area (Å²) in [4.78, 5) is 25.1. The predicted octanol–water partition coefficient (Wildman–Crippen LogP) is 2.80. The van der Waals surface area contributed by atoms with Crippen molar-refractivity contribution in [1.29, 1.82) is 0 Å². The maximum atomic E-state index is 13.0. The first-order valence-corrected chi connectivity index (χ1v) is 9.56. The monoisotopic (exact) mass is 426 g/mol. The molecule has 2 N–H and O–H groups in total. The molecule has 1 atom stereocenters. The number of carbonyl (C=O) groups is 2. The van der Waals surface area contributed by atoms with Crippen LogP contribution in [0.4, 0.5) is 4.79 Å². The standard InChI is InChI=1S/C22H22N2O7/c1-12-19(21(25)29-10-13-4-6-16-18(8-13)31-11-30-16)20(24-22(26)23-12)14-5-7-15(27-2)17(9-14)28-3/h4-9,20H,10-11H2,1-3H3,(H2,23,24,26)/t20-/m1/s1. The van der Waals surface area contributed by atoms with Crippen molar-refractivity contribution in [2.24, 2.45) is 0 Å². The maximum absolute atomic E-state index is 13.0. The second-order valence-corrected chi connectivity index (χ2v) is 6.95. The summed E-state index contributed by atoms with van der Waals surface area (Å²) in [5, 5.41) is 5.40. The van der Waals surface area contributed by atoms with Gasteiger partial charge in [0, 0.05) is 5.70 Å². The summed E-state index contributed by atoms with van der Waals surface area (Å²) >= 11 is 0. The quantitative estimate of drug-likeness (QED) is 0.685. The van der Waals surface area contributed by atoms with Gasteiger partial charge in [0.1, 0.15) is 6.61 Å². The number of carbonyl (C=O) groups excluding carboxylic acids is 2. The fraction of sp³-hybridized carbons (Fsp3) is 0.273. The molecule has 4 rings (SSSR count). The van der Waals surface area contributed by atoms with Crippen LogP contribution in [-0.2, 0) is 16.1 Å². The average Bonchev–Trinajstić information content (AvgIpc) is 3.24. The Kier molecular flexibility index (Phi) is 5.57. The largest absolute Gasteiger partial charge is 0.493 e. The molecule has 0 aromatic heterocycles. The molecule has 9 nitrogen and oxygen atoms in total. The van der Waals surface area contributed by atoms with E-state index >= 15 is 0 Å². The van der Waals surface area contributed by atoms with E-state index in [1.54, 1.807) is 43.3 Å². The molecule has 2 aromatic rings. The number of nitrogens with one attached hydrogen (secondary N) is 2. The zero-order valence-electron chi connectivity index (χ0n) is 17.3. The van der Waals surface area contributed by atoms with Crippen molar-refractivity contribution in [3.05, 3.63) is 58.8 Å². The molecule has 162 valence electrons. The topological polar surface area (TPSA) is 104 Å². The molecule has 2 aromatic carbocycles. The minimum Gasteiger partial charge on any atom is -0.493 e. The molecule has 2 aliphatic rings. The molecule has 0 saturated carbocycles. The fourth-order valence-corrected chi connectivity index (χ4v) is 3.50. The Labute approximate surface area is 178 Å². The van der Waals surface area contributed by atoms with Gasteiger partial charge in [-0.15, -0.1) is 0 Å². The SMILES string of the molecule is COc1ccc([C@H]2NC(=O)NC(C)=C2C(=O)OCc2ccc3c(c2)OCO3)cc1OC. The van der Waals surface area contributed by atoms with Crippen LogP contribution >= 0.6 is 0 Å². The number of urea groups is 1. The van der Waals surface area contributed by atoms with Crippen LogP contribution in [0.5, 0.6) is 23.0 Å². The Bertz CT molecular complexity index is 1060. The number of ether oxygens (including phenoxy) is 5. The van der Waals surface area contributed by atoms with Crippen molar-refractivity contribution in [3.63, 3.8) is 0 Å². The number of hydrogen-bond acceptors (Lipinski definition) is 7. The summed E-state index contributed by atoms with van der Waals surface area (Å²) in [7, 11) is 3.05. The van der Waals surface area contributed by atoms with Gasteiger partial charge < -0.3 is 34.3 Å². The highest BCUT2D eigenvalue weighted by molar-refractivity contribution is 5.95. The summed E-state index contributed by atoms with van der Waals surface area (Å²) in [5.41, 5.74) is 2.12. The number of allylic oxidation sites excluding steroid dienone is 1. The van der Waals surface area contributed by atoms with Crippen molar-refractivity contribution < 1.29 is 33.3 Å². The number of esters is 1. The van der Waals surface area contributed by atoms with Crippen LogP contribution in [0.1, 0.15) is 24.1 Å². The van der Waals surface area contributed by atoms with Gasteiger partial charge in [0.2, 0.25) is 6.79 Å². The van der Waals surface area contributed by atoms with E-state index in [0.29, 0.717) is 39.8 Å². The molecule has 0 aliphatic carbocycles. The van der Waals surface area contributed by atoms with Crippen LogP contribution < -0.4 is 29.6 Å². The number of benzene rings is 2. The van der Waals surface area contributed by atoms with E-state index in [1.165, 1.54) is 14.2 Å². The molecule has 0 saturated heterocycles. The number of hydrogen-bond donors (Lipinski definition) is 2. The van der Waals surface area contributed by atoms with Gasteiger partial charge in [-0.05, 0) is 42.3 Å². The van der Waals surface area contributed by atoms with E-state index in [-0.39, 0.29) is 13.4 Å². The highest BCUT2D eigenvalue weighted by Crippen LogP contribution is 2.35. The summed E-state index contributed by atoms with van der Waals surface area (Å²) in [6.07, 6.45) is 0. The highest BCUT2D eigenvalue weighted by Gasteiger charge is 2.33. The minimum absolute atomic E-state index is 0.0405. The van der Waals surface area contributed by atoms with E-state index < -0.39 is 18.0 Å². The van der Waals surface area contributed by atoms with Crippen molar-refractivity contribution in [2.45, 2.75) is 19.6 Å². The summed E-state index contributed by atoms with van der Waals surface area (Å²) < 4.78 is 26.8. The van der Waals surface area contributed by atoms with Crippen LogP contribution in [0.3, 0.4) is 0 Å². The zero-order chi connectivity index (χ0) is 22.0. The first kappa shape index (κ1) is 20.4. The lowest BCUT2D eigenvalue weighted by Crippen LogP contribution is -2.45. The van der Waals surface area contributed by atoms with E-state index in [4.69, 9.17) is 23.7 Å². The van der Waals surface area contributed by atoms with Crippen molar-refractivity contribution in [1.82, 2.24) is 10.6 Å². The van der Waals surface area contributed by atoms with Gasteiger partial charge in [0.25, 0.3) is 0 Å². The van der Waals surface area contributed by atoms with Gasteiger partial charge in [-0.25, -0.2) is 9.59 Å². The Hall–Kier alpha value is -3.88. The minimum atomic E-state index is -0.710. The first-order chi connectivity index (χ1) is 15.0. The van der Waals surface area contributed by atoms with Gasteiger partial charge >= 0.3 is 12.0 Å². The van der Waals surface area contributed by atoms with Gasteiger partial charge in [-0.1, -0.05) is 12.1 Å². The third-order valence-electron chi connectivity index (χ3n) is 5.04. The number of fused-ring (bicyclic) bond motifs is 1. The van der Waals surface area contributed by atoms with Gasteiger partial charge in [0.05, 0.1) is 25.8 Å². The lowest BCUT2D eigenvalue weighted by Gasteiger charge is -2.28. The predicted molar refractivity (Wildman–Crippen MR) is 109 cm³/mol. The molecule has 0 unspecified atom stereocenters. The Morgan fingerprint density at radius 2 is 1.84 bits per heavy atom. The van der Waals surface area contributed by atoms with Crippen molar-refractivity contribution in [3.8, 4) is 23.0 Å². The van der Waals surface area contributed by atoms with Crippen molar-refractivity contribution >= 4 is 12.0 Å². The number of methoxy groups -OCH3 is 2.